The van der Waals surface area contributed by atoms with Crippen LogP contribution in [-0.2, 0) is 16.1 Å². The number of nitrogens with zero attached hydrogens (tertiary/aromatic N) is 3. The molecule has 0 saturated heterocycles. The van der Waals surface area contributed by atoms with Gasteiger partial charge in [-0.1, -0.05) is 24.3 Å². The van der Waals surface area contributed by atoms with E-state index in [1.165, 1.54) is 6.33 Å². The van der Waals surface area contributed by atoms with Crippen molar-refractivity contribution in [1.82, 2.24) is 14.8 Å². The van der Waals surface area contributed by atoms with Gasteiger partial charge in [0.2, 0.25) is 5.91 Å². The summed E-state index contributed by atoms with van der Waals surface area (Å²) >= 11 is 0. The fourth-order valence-corrected chi connectivity index (χ4v) is 3.94. The molecule has 1 amide bonds. The molecule has 1 fully saturated rings. The molecule has 2 aliphatic carbocycles. The third-order valence-corrected chi connectivity index (χ3v) is 5.08. The number of carboxylic acid groups (broad SMARTS) is 1. The van der Waals surface area contributed by atoms with Crippen molar-refractivity contribution in [3.05, 3.63) is 54.6 Å². The average molecular weight is 338 g/mol. The molecule has 2 N–H and O–H groups in total. The van der Waals surface area contributed by atoms with Crippen LogP contribution in [0.3, 0.4) is 0 Å². The number of rotatable bonds is 5. The summed E-state index contributed by atoms with van der Waals surface area (Å²) < 4.78 is 1.71. The van der Waals surface area contributed by atoms with Gasteiger partial charge in [0.25, 0.3) is 0 Å². The molecular formula is C18H18N4O3. The van der Waals surface area contributed by atoms with E-state index in [9.17, 15) is 14.7 Å². The standard InChI is InChI=1S/C18H18N4O3/c23-17(15-12-3-4-13(7-12)16(15)18(24)25)21-14-5-1-11(2-6-14)8-22-10-19-9-20-22/h1-6,9-10,12-13,15-16H,7-8H2,(H,21,23)(H,24,25)/t12-,13-,15-,16-/m0/s1. The van der Waals surface area contributed by atoms with E-state index < -0.39 is 17.8 Å². The van der Waals surface area contributed by atoms with Crippen molar-refractivity contribution in [3.63, 3.8) is 0 Å². The molecule has 128 valence electrons. The molecule has 4 rings (SSSR count). The molecule has 2 aromatic rings. The van der Waals surface area contributed by atoms with Gasteiger partial charge >= 0.3 is 5.97 Å². The first kappa shape index (κ1) is 15.6. The van der Waals surface area contributed by atoms with Gasteiger partial charge in [-0.3, -0.25) is 9.59 Å². The number of amides is 1. The van der Waals surface area contributed by atoms with E-state index in [4.69, 9.17) is 0 Å². The highest BCUT2D eigenvalue weighted by molar-refractivity contribution is 5.96. The zero-order chi connectivity index (χ0) is 17.4. The maximum absolute atomic E-state index is 12.6. The number of anilines is 1. The Morgan fingerprint density at radius 1 is 1.16 bits per heavy atom. The maximum atomic E-state index is 12.6. The van der Waals surface area contributed by atoms with Gasteiger partial charge in [0.05, 0.1) is 18.4 Å². The van der Waals surface area contributed by atoms with E-state index in [1.807, 2.05) is 36.4 Å². The Hall–Kier alpha value is -2.96. The lowest BCUT2D eigenvalue weighted by molar-refractivity contribution is -0.146. The van der Waals surface area contributed by atoms with Gasteiger partial charge in [0, 0.05) is 5.69 Å². The smallest absolute Gasteiger partial charge is 0.307 e. The minimum Gasteiger partial charge on any atom is -0.481 e. The molecule has 7 heteroatoms. The summed E-state index contributed by atoms with van der Waals surface area (Å²) in [5, 5.41) is 16.4. The molecule has 4 atom stereocenters. The predicted molar refractivity (Wildman–Crippen MR) is 89.5 cm³/mol. The number of hydrogen-bond acceptors (Lipinski definition) is 4. The number of aromatic nitrogens is 3. The van der Waals surface area contributed by atoms with E-state index in [1.54, 1.807) is 11.0 Å². The highest BCUT2D eigenvalue weighted by atomic mass is 16.4. The van der Waals surface area contributed by atoms with E-state index in [0.29, 0.717) is 12.2 Å². The van der Waals surface area contributed by atoms with Crippen molar-refractivity contribution in [3.8, 4) is 0 Å². The first-order valence-electron chi connectivity index (χ1n) is 8.25. The third-order valence-electron chi connectivity index (χ3n) is 5.08. The molecule has 1 heterocycles. The predicted octanol–water partition coefficient (Wildman–Crippen LogP) is 1.79. The summed E-state index contributed by atoms with van der Waals surface area (Å²) in [6.45, 7) is 0.604. The Morgan fingerprint density at radius 3 is 2.52 bits per heavy atom. The van der Waals surface area contributed by atoms with Crippen LogP contribution >= 0.6 is 0 Å². The van der Waals surface area contributed by atoms with Crippen molar-refractivity contribution in [2.24, 2.45) is 23.7 Å². The van der Waals surface area contributed by atoms with Crippen LogP contribution in [0.25, 0.3) is 0 Å². The third kappa shape index (κ3) is 2.93. The molecule has 25 heavy (non-hydrogen) atoms. The fourth-order valence-electron chi connectivity index (χ4n) is 3.94. The van der Waals surface area contributed by atoms with Crippen LogP contribution in [0.1, 0.15) is 12.0 Å². The van der Waals surface area contributed by atoms with E-state index in [-0.39, 0.29) is 17.7 Å². The Balaban J connectivity index is 1.44. The molecular weight excluding hydrogens is 320 g/mol. The normalized spacial score (nSPS) is 26.7. The lowest BCUT2D eigenvalue weighted by Crippen LogP contribution is -2.36. The molecule has 2 bridgehead atoms. The lowest BCUT2D eigenvalue weighted by Gasteiger charge is -2.23. The molecule has 0 spiro atoms. The zero-order valence-corrected chi connectivity index (χ0v) is 13.4. The number of benzene rings is 1. The van der Waals surface area contributed by atoms with Crippen molar-refractivity contribution >= 4 is 17.6 Å². The molecule has 0 radical (unpaired) electrons. The monoisotopic (exact) mass is 338 g/mol. The topological polar surface area (TPSA) is 97.1 Å². The Kier molecular flexibility index (Phi) is 3.83. The summed E-state index contributed by atoms with van der Waals surface area (Å²) in [7, 11) is 0. The Labute approximate surface area is 144 Å². The fraction of sp³-hybridized carbons (Fsp3) is 0.333. The Bertz CT molecular complexity index is 813. The van der Waals surface area contributed by atoms with Crippen LogP contribution in [-0.4, -0.2) is 31.7 Å². The number of carbonyl (C=O) groups is 2. The number of carboxylic acids is 1. The molecule has 0 unspecified atom stereocenters. The first-order valence-corrected chi connectivity index (χ1v) is 8.25. The lowest BCUT2D eigenvalue weighted by atomic mass is 9.82. The quantitative estimate of drug-likeness (QED) is 0.810. The first-order chi connectivity index (χ1) is 12.1. The number of allylic oxidation sites excluding steroid dienone is 2. The van der Waals surface area contributed by atoms with E-state index in [2.05, 4.69) is 15.4 Å². The highest BCUT2D eigenvalue weighted by Gasteiger charge is 2.51. The van der Waals surface area contributed by atoms with Gasteiger partial charge in [0.15, 0.2) is 0 Å². The Morgan fingerprint density at radius 2 is 1.88 bits per heavy atom. The van der Waals surface area contributed by atoms with E-state index >= 15 is 0 Å². The summed E-state index contributed by atoms with van der Waals surface area (Å²) in [6.07, 6.45) is 7.80. The molecule has 1 saturated carbocycles. The second-order valence-corrected chi connectivity index (χ2v) is 6.62. The van der Waals surface area contributed by atoms with Gasteiger partial charge < -0.3 is 10.4 Å². The second kappa shape index (κ2) is 6.16. The van der Waals surface area contributed by atoms with Crippen LogP contribution in [0.4, 0.5) is 5.69 Å². The summed E-state index contributed by atoms with van der Waals surface area (Å²) in [6, 6.07) is 7.46. The highest BCUT2D eigenvalue weighted by Crippen LogP contribution is 2.48. The minimum absolute atomic E-state index is 0.0247. The number of nitrogens with one attached hydrogen (secondary N) is 1. The van der Waals surface area contributed by atoms with Gasteiger partial charge in [-0.15, -0.1) is 0 Å². The van der Waals surface area contributed by atoms with Gasteiger partial charge in [-0.2, -0.15) is 5.10 Å². The van der Waals surface area contributed by atoms with Crippen LogP contribution in [0.15, 0.2) is 49.1 Å². The largest absolute Gasteiger partial charge is 0.481 e. The number of fused-ring (bicyclic) bond motifs is 2. The van der Waals surface area contributed by atoms with Gasteiger partial charge in [-0.25, -0.2) is 9.67 Å². The second-order valence-electron chi connectivity index (χ2n) is 6.62. The van der Waals surface area contributed by atoms with Gasteiger partial charge in [0.1, 0.15) is 12.7 Å². The van der Waals surface area contributed by atoms with Crippen molar-refractivity contribution in [1.29, 1.82) is 0 Å². The summed E-state index contributed by atoms with van der Waals surface area (Å²) in [5.74, 6) is -2.22. The van der Waals surface area contributed by atoms with Crippen molar-refractivity contribution in [2.75, 3.05) is 5.32 Å². The molecule has 7 nitrogen and oxygen atoms in total. The van der Waals surface area contributed by atoms with Crippen LogP contribution in [0.5, 0.6) is 0 Å². The van der Waals surface area contributed by atoms with Crippen LogP contribution in [0, 0.1) is 23.7 Å². The van der Waals surface area contributed by atoms with Crippen molar-refractivity contribution in [2.45, 2.75) is 13.0 Å². The average Bonchev–Trinajstić information content (AvgIpc) is 3.32. The summed E-state index contributed by atoms with van der Waals surface area (Å²) in [4.78, 5) is 28.1. The molecule has 1 aromatic carbocycles. The number of carbonyl (C=O) groups excluding carboxylic acids is 1. The molecule has 0 aliphatic heterocycles. The SMILES string of the molecule is O=C(O)[C@@H]1[C@@H](C(=O)Nc2ccc(Cn3cncn3)cc2)[C@H]2C=C[C@H]1C2. The number of aliphatic carboxylic acids is 1. The summed E-state index contributed by atoms with van der Waals surface area (Å²) in [5.41, 5.74) is 1.71. The maximum Gasteiger partial charge on any atom is 0.307 e. The van der Waals surface area contributed by atoms with Crippen molar-refractivity contribution < 1.29 is 14.7 Å². The number of hydrogen-bond donors (Lipinski definition) is 2. The van der Waals surface area contributed by atoms with E-state index in [0.717, 1.165) is 12.0 Å². The zero-order valence-electron chi connectivity index (χ0n) is 13.4. The van der Waals surface area contributed by atoms with Crippen LogP contribution in [0.2, 0.25) is 0 Å². The molecule has 2 aliphatic rings. The van der Waals surface area contributed by atoms with Gasteiger partial charge in [-0.05, 0) is 36.0 Å². The van der Waals surface area contributed by atoms with Crippen LogP contribution < -0.4 is 5.32 Å². The minimum atomic E-state index is -0.889. The molecule has 1 aromatic heterocycles.